The Hall–Kier alpha value is -1.46. The van der Waals surface area contributed by atoms with Gasteiger partial charge in [0.05, 0.1) is 10.0 Å². The number of thiophene rings is 1. The number of benzene rings is 1. The number of carbonyl (C=O) groups excluding carboxylic acids is 1. The maximum Gasteiger partial charge on any atom is 0.271 e. The molecule has 1 heterocycles. The second kappa shape index (κ2) is 6.54. The molecule has 0 atom stereocenters. The van der Waals surface area contributed by atoms with Crippen molar-refractivity contribution in [2.45, 2.75) is 26.2 Å². The number of hydrogen-bond donors (Lipinski definition) is 1. The fourth-order valence-corrected chi connectivity index (χ4v) is 3.03. The molecular formula is C16H17BrN2OS. The van der Waals surface area contributed by atoms with Crippen LogP contribution in [0, 0.1) is 0 Å². The van der Waals surface area contributed by atoms with Gasteiger partial charge in [0.1, 0.15) is 0 Å². The third-order valence-corrected chi connectivity index (χ3v) is 4.52. The van der Waals surface area contributed by atoms with Gasteiger partial charge in [-0.25, -0.2) is 5.43 Å². The van der Waals surface area contributed by atoms with Gasteiger partial charge in [0.25, 0.3) is 5.91 Å². The van der Waals surface area contributed by atoms with Crippen molar-refractivity contribution in [3.63, 3.8) is 0 Å². The van der Waals surface area contributed by atoms with Crippen LogP contribution in [-0.2, 0) is 5.41 Å². The fourth-order valence-electron chi connectivity index (χ4n) is 1.74. The first-order valence-electron chi connectivity index (χ1n) is 6.55. The lowest BCUT2D eigenvalue weighted by Gasteiger charge is -2.18. The van der Waals surface area contributed by atoms with Crippen molar-refractivity contribution in [3.05, 3.63) is 56.2 Å². The molecule has 0 fully saturated rings. The lowest BCUT2D eigenvalue weighted by atomic mass is 9.87. The Morgan fingerprint density at radius 2 is 1.86 bits per heavy atom. The highest BCUT2D eigenvalue weighted by atomic mass is 79.9. The minimum Gasteiger partial charge on any atom is -0.267 e. The summed E-state index contributed by atoms with van der Waals surface area (Å²) in [6, 6.07) is 11.5. The van der Waals surface area contributed by atoms with Gasteiger partial charge in [-0.05, 0) is 51.2 Å². The van der Waals surface area contributed by atoms with Crippen molar-refractivity contribution >= 4 is 39.4 Å². The second-order valence-corrected chi connectivity index (χ2v) is 8.16. The number of nitrogens with zero attached hydrogens (tertiary/aromatic N) is 1. The van der Waals surface area contributed by atoms with E-state index in [9.17, 15) is 4.79 Å². The number of nitrogens with one attached hydrogen (secondary N) is 1. The molecule has 0 radical (unpaired) electrons. The molecule has 21 heavy (non-hydrogen) atoms. The van der Waals surface area contributed by atoms with Crippen LogP contribution in [0.25, 0.3) is 0 Å². The predicted molar refractivity (Wildman–Crippen MR) is 92.2 cm³/mol. The number of carbonyl (C=O) groups is 1. The molecule has 110 valence electrons. The molecule has 0 aliphatic rings. The largest absolute Gasteiger partial charge is 0.271 e. The van der Waals surface area contributed by atoms with Gasteiger partial charge in [0.15, 0.2) is 0 Å². The fraction of sp³-hybridized carbons (Fsp3) is 0.250. The summed E-state index contributed by atoms with van der Waals surface area (Å²) in [5.41, 5.74) is 4.42. The summed E-state index contributed by atoms with van der Waals surface area (Å²) in [6.45, 7) is 6.43. The zero-order valence-corrected chi connectivity index (χ0v) is 14.6. The highest BCUT2D eigenvalue weighted by Crippen LogP contribution is 2.22. The van der Waals surface area contributed by atoms with E-state index in [4.69, 9.17) is 0 Å². The molecule has 0 bridgehead atoms. The number of amides is 1. The molecule has 0 saturated carbocycles. The zero-order valence-electron chi connectivity index (χ0n) is 12.2. The lowest BCUT2D eigenvalue weighted by Crippen LogP contribution is -2.18. The van der Waals surface area contributed by atoms with Gasteiger partial charge >= 0.3 is 0 Å². The molecule has 0 unspecified atom stereocenters. The average molecular weight is 365 g/mol. The number of hydrazone groups is 1. The van der Waals surface area contributed by atoms with Gasteiger partial charge in [0, 0.05) is 10.4 Å². The molecule has 2 rings (SSSR count). The first kappa shape index (κ1) is 15.9. The van der Waals surface area contributed by atoms with Crippen LogP contribution in [0.15, 0.2) is 45.3 Å². The van der Waals surface area contributed by atoms with Gasteiger partial charge in [-0.1, -0.05) is 32.9 Å². The highest BCUT2D eigenvalue weighted by molar-refractivity contribution is 9.11. The van der Waals surface area contributed by atoms with Crippen LogP contribution in [0.3, 0.4) is 0 Å². The number of hydrogen-bond acceptors (Lipinski definition) is 3. The van der Waals surface area contributed by atoms with E-state index in [0.29, 0.717) is 5.56 Å². The van der Waals surface area contributed by atoms with Crippen LogP contribution in [0.1, 0.15) is 41.6 Å². The normalized spacial score (nSPS) is 11.8. The standard InChI is InChI=1S/C16H17BrN2OS/c1-16(2,3)12-6-4-11(5-7-12)15(20)19-18-10-13-8-9-14(17)21-13/h4-10H,1-3H3,(H,19,20). The Balaban J connectivity index is 1.99. The monoisotopic (exact) mass is 364 g/mol. The molecule has 0 spiro atoms. The van der Waals surface area contributed by atoms with Gasteiger partial charge in [0.2, 0.25) is 0 Å². The molecule has 0 saturated heterocycles. The van der Waals surface area contributed by atoms with Crippen molar-refractivity contribution in [2.24, 2.45) is 5.10 Å². The molecule has 1 amide bonds. The van der Waals surface area contributed by atoms with E-state index in [-0.39, 0.29) is 11.3 Å². The molecule has 0 aliphatic carbocycles. The van der Waals surface area contributed by atoms with E-state index in [1.807, 2.05) is 36.4 Å². The zero-order chi connectivity index (χ0) is 15.5. The van der Waals surface area contributed by atoms with Crippen molar-refractivity contribution in [2.75, 3.05) is 0 Å². The van der Waals surface area contributed by atoms with Gasteiger partial charge < -0.3 is 0 Å². The van der Waals surface area contributed by atoms with E-state index in [0.717, 1.165) is 8.66 Å². The molecule has 3 nitrogen and oxygen atoms in total. The topological polar surface area (TPSA) is 41.5 Å². The summed E-state index contributed by atoms with van der Waals surface area (Å²) >= 11 is 4.94. The van der Waals surface area contributed by atoms with Crippen molar-refractivity contribution in [1.82, 2.24) is 5.43 Å². The maximum absolute atomic E-state index is 12.0. The van der Waals surface area contributed by atoms with Gasteiger partial charge in [-0.2, -0.15) is 5.10 Å². The molecule has 0 aliphatic heterocycles. The van der Waals surface area contributed by atoms with E-state index in [1.165, 1.54) is 5.56 Å². The van der Waals surface area contributed by atoms with Crippen LogP contribution < -0.4 is 5.43 Å². The van der Waals surface area contributed by atoms with E-state index >= 15 is 0 Å². The van der Waals surface area contributed by atoms with Crippen LogP contribution in [-0.4, -0.2) is 12.1 Å². The summed E-state index contributed by atoms with van der Waals surface area (Å²) in [4.78, 5) is 12.9. The molecule has 1 aromatic carbocycles. The third kappa shape index (κ3) is 4.51. The Morgan fingerprint density at radius 1 is 1.19 bits per heavy atom. The number of rotatable bonds is 3. The van der Waals surface area contributed by atoms with E-state index < -0.39 is 0 Å². The van der Waals surface area contributed by atoms with Gasteiger partial charge in [-0.15, -0.1) is 11.3 Å². The maximum atomic E-state index is 12.0. The molecule has 1 aromatic heterocycles. The molecule has 5 heteroatoms. The van der Waals surface area contributed by atoms with E-state index in [2.05, 4.69) is 47.2 Å². The Labute approximate surface area is 137 Å². The quantitative estimate of drug-likeness (QED) is 0.628. The Kier molecular flexibility index (Phi) is 4.96. The lowest BCUT2D eigenvalue weighted by molar-refractivity contribution is 0.0955. The minimum atomic E-state index is -0.206. The summed E-state index contributed by atoms with van der Waals surface area (Å²) in [5, 5.41) is 3.97. The average Bonchev–Trinajstić information content (AvgIpc) is 2.83. The molecule has 2 aromatic rings. The summed E-state index contributed by atoms with van der Waals surface area (Å²) in [7, 11) is 0. The van der Waals surface area contributed by atoms with Crippen molar-refractivity contribution < 1.29 is 4.79 Å². The smallest absolute Gasteiger partial charge is 0.267 e. The van der Waals surface area contributed by atoms with Crippen LogP contribution in [0.2, 0.25) is 0 Å². The first-order chi connectivity index (χ1) is 9.86. The SMILES string of the molecule is CC(C)(C)c1ccc(C(=O)NN=Cc2ccc(Br)s2)cc1. The second-order valence-electron chi connectivity index (χ2n) is 5.67. The third-order valence-electron chi connectivity index (χ3n) is 2.96. The summed E-state index contributed by atoms with van der Waals surface area (Å²) in [6.07, 6.45) is 1.64. The van der Waals surface area contributed by atoms with Crippen molar-refractivity contribution in [3.8, 4) is 0 Å². The highest BCUT2D eigenvalue weighted by Gasteiger charge is 2.14. The first-order valence-corrected chi connectivity index (χ1v) is 8.16. The summed E-state index contributed by atoms with van der Waals surface area (Å²) < 4.78 is 1.04. The van der Waals surface area contributed by atoms with Crippen LogP contribution in [0.4, 0.5) is 0 Å². The predicted octanol–water partition coefficient (Wildman–Crippen LogP) is 4.57. The van der Waals surface area contributed by atoms with E-state index in [1.54, 1.807) is 17.6 Å². The Morgan fingerprint density at radius 3 is 2.38 bits per heavy atom. The molecule has 1 N–H and O–H groups in total. The van der Waals surface area contributed by atoms with Crippen LogP contribution in [0.5, 0.6) is 0 Å². The van der Waals surface area contributed by atoms with Crippen LogP contribution >= 0.6 is 27.3 Å². The summed E-state index contributed by atoms with van der Waals surface area (Å²) in [5.74, 6) is -0.206. The molecular weight excluding hydrogens is 348 g/mol. The van der Waals surface area contributed by atoms with Crippen molar-refractivity contribution in [1.29, 1.82) is 0 Å². The minimum absolute atomic E-state index is 0.0831. The number of halogens is 1. The Bertz CT molecular complexity index is 654. The van der Waals surface area contributed by atoms with Gasteiger partial charge in [-0.3, -0.25) is 4.79 Å².